The van der Waals surface area contributed by atoms with Gasteiger partial charge in [-0.05, 0) is 56.8 Å². The van der Waals surface area contributed by atoms with E-state index in [1.165, 1.54) is 25.7 Å². The van der Waals surface area contributed by atoms with Gasteiger partial charge in [-0.1, -0.05) is 31.0 Å². The molecule has 1 aromatic rings. The third kappa shape index (κ3) is 5.23. The lowest BCUT2D eigenvalue weighted by Crippen LogP contribution is -2.44. The number of nitrogens with zero attached hydrogens (tertiary/aromatic N) is 2. The molecule has 4 heteroatoms. The van der Waals surface area contributed by atoms with Crippen LogP contribution in [0, 0.1) is 5.92 Å². The zero-order valence-electron chi connectivity index (χ0n) is 14.7. The Hall–Kier alpha value is -1.55. The number of piperidine rings is 1. The van der Waals surface area contributed by atoms with Crippen LogP contribution in [0.3, 0.4) is 0 Å². The summed E-state index contributed by atoms with van der Waals surface area (Å²) in [6.07, 6.45) is 7.14. The molecule has 0 N–H and O–H groups in total. The van der Waals surface area contributed by atoms with Crippen molar-refractivity contribution >= 4 is 5.91 Å². The van der Waals surface area contributed by atoms with Crippen molar-refractivity contribution < 1.29 is 9.53 Å². The number of ether oxygens (including phenoxy) is 1. The molecule has 2 aliphatic rings. The number of hydrogen-bond acceptors (Lipinski definition) is 3. The van der Waals surface area contributed by atoms with Gasteiger partial charge in [-0.3, -0.25) is 9.69 Å². The Morgan fingerprint density at radius 2 is 1.62 bits per heavy atom. The first-order valence-corrected chi connectivity index (χ1v) is 9.49. The Kier molecular flexibility index (Phi) is 6.53. The van der Waals surface area contributed by atoms with Crippen LogP contribution in [0.25, 0.3) is 0 Å². The van der Waals surface area contributed by atoms with Gasteiger partial charge in [0, 0.05) is 13.1 Å². The summed E-state index contributed by atoms with van der Waals surface area (Å²) in [5.41, 5.74) is 0. The Morgan fingerprint density at radius 1 is 0.958 bits per heavy atom. The van der Waals surface area contributed by atoms with E-state index in [1.807, 2.05) is 30.3 Å². The largest absolute Gasteiger partial charge is 0.493 e. The highest BCUT2D eigenvalue weighted by molar-refractivity contribution is 5.78. The van der Waals surface area contributed by atoms with Crippen molar-refractivity contribution in [2.45, 2.75) is 38.5 Å². The summed E-state index contributed by atoms with van der Waals surface area (Å²) in [5.74, 6) is 1.89. The molecular weight excluding hydrogens is 300 g/mol. The van der Waals surface area contributed by atoms with E-state index < -0.39 is 0 Å². The van der Waals surface area contributed by atoms with Gasteiger partial charge in [0.15, 0.2) is 0 Å². The molecule has 2 saturated heterocycles. The molecule has 0 aromatic heterocycles. The molecular formula is C20H30N2O2. The van der Waals surface area contributed by atoms with Crippen LogP contribution in [0.2, 0.25) is 0 Å². The maximum Gasteiger partial charge on any atom is 0.236 e. The predicted molar refractivity (Wildman–Crippen MR) is 96.1 cm³/mol. The van der Waals surface area contributed by atoms with Crippen LogP contribution in [-0.4, -0.2) is 55.0 Å². The quantitative estimate of drug-likeness (QED) is 0.831. The zero-order valence-corrected chi connectivity index (χ0v) is 14.7. The van der Waals surface area contributed by atoms with E-state index in [9.17, 15) is 4.79 Å². The smallest absolute Gasteiger partial charge is 0.236 e. The molecule has 24 heavy (non-hydrogen) atoms. The zero-order chi connectivity index (χ0) is 16.6. The monoisotopic (exact) mass is 330 g/mol. The molecule has 0 atom stereocenters. The number of rotatable bonds is 5. The van der Waals surface area contributed by atoms with E-state index in [0.29, 0.717) is 18.4 Å². The standard InChI is InChI=1S/C20H30N2O2/c23-20(22-12-6-1-2-7-13-22)16-21-14-10-18(11-15-21)17-24-19-8-4-3-5-9-19/h3-5,8-9,18H,1-2,6-7,10-17H2. The van der Waals surface area contributed by atoms with E-state index in [0.717, 1.165) is 51.4 Å². The van der Waals surface area contributed by atoms with E-state index in [-0.39, 0.29) is 0 Å². The highest BCUT2D eigenvalue weighted by atomic mass is 16.5. The normalized spacial score (nSPS) is 20.6. The van der Waals surface area contributed by atoms with Gasteiger partial charge in [0.1, 0.15) is 5.75 Å². The number of benzene rings is 1. The molecule has 0 unspecified atom stereocenters. The van der Waals surface area contributed by atoms with Crippen LogP contribution in [0.4, 0.5) is 0 Å². The van der Waals surface area contributed by atoms with Gasteiger partial charge < -0.3 is 9.64 Å². The van der Waals surface area contributed by atoms with Crippen molar-refractivity contribution in [2.75, 3.05) is 39.3 Å². The number of carbonyl (C=O) groups excluding carboxylic acids is 1. The van der Waals surface area contributed by atoms with Crippen molar-refractivity contribution in [1.82, 2.24) is 9.80 Å². The third-order valence-electron chi connectivity index (χ3n) is 5.25. The summed E-state index contributed by atoms with van der Waals surface area (Å²) in [6.45, 7) is 5.34. The lowest BCUT2D eigenvalue weighted by molar-refractivity contribution is -0.132. The molecule has 0 spiro atoms. The van der Waals surface area contributed by atoms with Gasteiger partial charge in [0.05, 0.1) is 13.2 Å². The molecule has 132 valence electrons. The summed E-state index contributed by atoms with van der Waals surface area (Å²) < 4.78 is 5.88. The number of likely N-dealkylation sites (tertiary alicyclic amines) is 2. The fourth-order valence-corrected chi connectivity index (χ4v) is 3.65. The Bertz CT molecular complexity index is 490. The number of hydrogen-bond donors (Lipinski definition) is 0. The Morgan fingerprint density at radius 3 is 2.29 bits per heavy atom. The van der Waals surface area contributed by atoms with Gasteiger partial charge in [-0.15, -0.1) is 0 Å². The Labute approximate surface area is 145 Å². The van der Waals surface area contributed by atoms with Crippen LogP contribution in [-0.2, 0) is 4.79 Å². The highest BCUT2D eigenvalue weighted by Gasteiger charge is 2.23. The first kappa shape index (κ1) is 17.3. The summed E-state index contributed by atoms with van der Waals surface area (Å²) in [7, 11) is 0. The summed E-state index contributed by atoms with van der Waals surface area (Å²) in [4.78, 5) is 16.9. The van der Waals surface area contributed by atoms with E-state index >= 15 is 0 Å². The molecule has 0 saturated carbocycles. The van der Waals surface area contributed by atoms with Crippen LogP contribution in [0.1, 0.15) is 38.5 Å². The van der Waals surface area contributed by atoms with Crippen LogP contribution in [0.5, 0.6) is 5.75 Å². The second-order valence-electron chi connectivity index (χ2n) is 7.14. The second-order valence-corrected chi connectivity index (χ2v) is 7.14. The average Bonchev–Trinajstić information content (AvgIpc) is 2.91. The SMILES string of the molecule is O=C(CN1CCC(COc2ccccc2)CC1)N1CCCCCC1. The maximum atomic E-state index is 12.5. The van der Waals surface area contributed by atoms with Crippen molar-refractivity contribution in [3.05, 3.63) is 30.3 Å². The van der Waals surface area contributed by atoms with Gasteiger partial charge in [-0.25, -0.2) is 0 Å². The third-order valence-corrected chi connectivity index (χ3v) is 5.25. The van der Waals surface area contributed by atoms with E-state index in [2.05, 4.69) is 9.80 Å². The molecule has 2 fully saturated rings. The van der Waals surface area contributed by atoms with Crippen LogP contribution in [0.15, 0.2) is 30.3 Å². The van der Waals surface area contributed by atoms with Crippen molar-refractivity contribution in [3.63, 3.8) is 0 Å². The van der Waals surface area contributed by atoms with E-state index in [1.54, 1.807) is 0 Å². The number of para-hydroxylation sites is 1. The Balaban J connectivity index is 1.36. The van der Waals surface area contributed by atoms with E-state index in [4.69, 9.17) is 4.74 Å². The molecule has 2 aliphatic heterocycles. The minimum Gasteiger partial charge on any atom is -0.493 e. The first-order chi connectivity index (χ1) is 11.8. The predicted octanol–water partition coefficient (Wildman–Crippen LogP) is 3.18. The van der Waals surface area contributed by atoms with Crippen LogP contribution < -0.4 is 4.74 Å². The summed E-state index contributed by atoms with van der Waals surface area (Å²) >= 11 is 0. The van der Waals surface area contributed by atoms with Crippen LogP contribution >= 0.6 is 0 Å². The van der Waals surface area contributed by atoms with Gasteiger partial charge >= 0.3 is 0 Å². The topological polar surface area (TPSA) is 32.8 Å². The lowest BCUT2D eigenvalue weighted by Gasteiger charge is -2.32. The van der Waals surface area contributed by atoms with Gasteiger partial charge in [-0.2, -0.15) is 0 Å². The fraction of sp³-hybridized carbons (Fsp3) is 0.650. The van der Waals surface area contributed by atoms with Crippen molar-refractivity contribution in [1.29, 1.82) is 0 Å². The lowest BCUT2D eigenvalue weighted by atomic mass is 9.98. The molecule has 2 heterocycles. The maximum absolute atomic E-state index is 12.5. The number of carbonyl (C=O) groups is 1. The molecule has 1 amide bonds. The highest BCUT2D eigenvalue weighted by Crippen LogP contribution is 2.19. The minimum atomic E-state index is 0.330. The average molecular weight is 330 g/mol. The minimum absolute atomic E-state index is 0.330. The van der Waals surface area contributed by atoms with Crippen molar-refractivity contribution in [3.8, 4) is 5.75 Å². The molecule has 1 aromatic carbocycles. The van der Waals surface area contributed by atoms with Gasteiger partial charge in [0.2, 0.25) is 5.91 Å². The second kappa shape index (κ2) is 9.07. The first-order valence-electron chi connectivity index (χ1n) is 9.49. The molecule has 4 nitrogen and oxygen atoms in total. The molecule has 0 bridgehead atoms. The molecule has 0 radical (unpaired) electrons. The van der Waals surface area contributed by atoms with Crippen molar-refractivity contribution in [2.24, 2.45) is 5.92 Å². The molecule has 0 aliphatic carbocycles. The fourth-order valence-electron chi connectivity index (χ4n) is 3.65. The summed E-state index contributed by atoms with van der Waals surface area (Å²) in [5, 5.41) is 0. The number of amides is 1. The van der Waals surface area contributed by atoms with Gasteiger partial charge in [0.25, 0.3) is 0 Å². The summed E-state index contributed by atoms with van der Waals surface area (Å²) in [6, 6.07) is 10.0. The molecule has 3 rings (SSSR count).